The number of nitrogens with one attached hydrogen (secondary N) is 1. The van der Waals surface area contributed by atoms with Crippen LogP contribution in [0.25, 0.3) is 11.3 Å². The largest absolute Gasteiger partial charge is 0.478 e. The van der Waals surface area contributed by atoms with Gasteiger partial charge in [-0.2, -0.15) is 4.98 Å². The monoisotopic (exact) mass is 492 g/mol. The summed E-state index contributed by atoms with van der Waals surface area (Å²) < 4.78 is 9.21. The number of carbonyl (C=O) groups is 1. The number of nitrogens with zero attached hydrogens (tertiary/aromatic N) is 2. The molecule has 1 aliphatic carbocycles. The summed E-state index contributed by atoms with van der Waals surface area (Å²) in [5.74, 6) is 0.571. The molecule has 2 aromatic carbocycles. The topological polar surface area (TPSA) is 110 Å². The van der Waals surface area contributed by atoms with E-state index in [-0.39, 0.29) is 11.6 Å². The smallest absolute Gasteiger partial charge is 0.335 e. The number of aromatic nitrogens is 2. The molecule has 1 fully saturated rings. The van der Waals surface area contributed by atoms with Crippen LogP contribution in [0.5, 0.6) is 5.88 Å². The molecule has 0 spiro atoms. The molecule has 4 rings (SSSR count). The SMILES string of the molecule is Cc1cccc(C)c1-c1cc(OCC(N)CC2CCCC2)nc(NSc2cccc(C(=O)O)c2)n1. The number of ether oxygens (including phenoxy) is 1. The molecule has 7 nitrogen and oxygen atoms in total. The maximum Gasteiger partial charge on any atom is 0.335 e. The quantitative estimate of drug-likeness (QED) is 0.302. The summed E-state index contributed by atoms with van der Waals surface area (Å²) in [4.78, 5) is 21.3. The first-order valence-electron chi connectivity index (χ1n) is 12.0. The number of rotatable bonds is 10. The van der Waals surface area contributed by atoms with Crippen LogP contribution >= 0.6 is 11.9 Å². The zero-order valence-corrected chi connectivity index (χ0v) is 21.0. The van der Waals surface area contributed by atoms with Gasteiger partial charge in [0.1, 0.15) is 6.61 Å². The predicted molar refractivity (Wildman–Crippen MR) is 140 cm³/mol. The van der Waals surface area contributed by atoms with Crippen molar-refractivity contribution in [2.24, 2.45) is 11.7 Å². The highest BCUT2D eigenvalue weighted by Crippen LogP contribution is 2.31. The Labute approximate surface area is 210 Å². The van der Waals surface area contributed by atoms with Crippen LogP contribution in [0.4, 0.5) is 5.95 Å². The molecular weight excluding hydrogens is 460 g/mol. The number of aryl methyl sites for hydroxylation is 2. The molecule has 1 saturated carbocycles. The molecule has 0 aliphatic heterocycles. The van der Waals surface area contributed by atoms with Crippen molar-refractivity contribution in [3.63, 3.8) is 0 Å². The first-order chi connectivity index (χ1) is 16.9. The van der Waals surface area contributed by atoms with E-state index in [1.807, 2.05) is 18.2 Å². The fraction of sp³-hybridized carbons (Fsp3) is 0.370. The fourth-order valence-corrected chi connectivity index (χ4v) is 5.26. The lowest BCUT2D eigenvalue weighted by Crippen LogP contribution is -2.30. The van der Waals surface area contributed by atoms with Crippen LogP contribution in [0, 0.1) is 19.8 Å². The molecule has 1 unspecified atom stereocenters. The summed E-state index contributed by atoms with van der Waals surface area (Å²) >= 11 is 1.25. The van der Waals surface area contributed by atoms with E-state index in [9.17, 15) is 9.90 Å². The van der Waals surface area contributed by atoms with Gasteiger partial charge in [0.05, 0.1) is 11.3 Å². The first-order valence-corrected chi connectivity index (χ1v) is 12.8. The molecule has 0 bridgehead atoms. The van der Waals surface area contributed by atoms with Crippen molar-refractivity contribution in [1.29, 1.82) is 0 Å². The van der Waals surface area contributed by atoms with Gasteiger partial charge in [0, 0.05) is 22.6 Å². The van der Waals surface area contributed by atoms with Gasteiger partial charge in [0.2, 0.25) is 11.8 Å². The minimum atomic E-state index is -0.967. The molecule has 0 amide bonds. The highest BCUT2D eigenvalue weighted by Gasteiger charge is 2.19. The van der Waals surface area contributed by atoms with Crippen molar-refractivity contribution in [2.45, 2.75) is 56.9 Å². The number of nitrogens with two attached hydrogens (primary N) is 1. The predicted octanol–water partition coefficient (Wildman–Crippen LogP) is 5.86. The van der Waals surface area contributed by atoms with E-state index >= 15 is 0 Å². The van der Waals surface area contributed by atoms with Gasteiger partial charge in [-0.15, -0.1) is 0 Å². The van der Waals surface area contributed by atoms with Crippen LogP contribution in [0.1, 0.15) is 53.6 Å². The first kappa shape index (κ1) is 25.0. The van der Waals surface area contributed by atoms with Gasteiger partial charge in [-0.1, -0.05) is 49.9 Å². The highest BCUT2D eigenvalue weighted by molar-refractivity contribution is 8.00. The Balaban J connectivity index is 1.55. The Hall–Kier alpha value is -3.10. The third-order valence-electron chi connectivity index (χ3n) is 6.34. The summed E-state index contributed by atoms with van der Waals surface area (Å²) in [7, 11) is 0. The van der Waals surface area contributed by atoms with Crippen molar-refractivity contribution < 1.29 is 14.6 Å². The van der Waals surface area contributed by atoms with Crippen molar-refractivity contribution in [1.82, 2.24) is 9.97 Å². The summed E-state index contributed by atoms with van der Waals surface area (Å²) in [6, 6.07) is 14.7. The van der Waals surface area contributed by atoms with Crippen molar-refractivity contribution in [3.8, 4) is 17.1 Å². The van der Waals surface area contributed by atoms with E-state index in [0.29, 0.717) is 24.4 Å². The van der Waals surface area contributed by atoms with Gasteiger partial charge >= 0.3 is 5.97 Å². The molecule has 3 aromatic rings. The Morgan fingerprint density at radius 1 is 1.14 bits per heavy atom. The number of benzene rings is 2. The van der Waals surface area contributed by atoms with E-state index in [4.69, 9.17) is 15.5 Å². The number of carboxylic acids is 1. The number of anilines is 1. The van der Waals surface area contributed by atoms with Crippen LogP contribution in [0.3, 0.4) is 0 Å². The molecule has 35 heavy (non-hydrogen) atoms. The van der Waals surface area contributed by atoms with Crippen LogP contribution in [-0.2, 0) is 0 Å². The lowest BCUT2D eigenvalue weighted by Gasteiger charge is -2.18. The van der Waals surface area contributed by atoms with Gasteiger partial charge in [-0.05, 0) is 67.5 Å². The molecule has 1 atom stereocenters. The van der Waals surface area contributed by atoms with E-state index in [1.165, 1.54) is 37.6 Å². The van der Waals surface area contributed by atoms with E-state index in [0.717, 1.165) is 33.7 Å². The van der Waals surface area contributed by atoms with Gasteiger partial charge in [0.25, 0.3) is 0 Å². The summed E-state index contributed by atoms with van der Waals surface area (Å²) in [6.07, 6.45) is 6.07. The van der Waals surface area contributed by atoms with Gasteiger partial charge < -0.3 is 15.6 Å². The second-order valence-electron chi connectivity index (χ2n) is 9.18. The highest BCUT2D eigenvalue weighted by atomic mass is 32.2. The zero-order chi connectivity index (χ0) is 24.8. The lowest BCUT2D eigenvalue weighted by molar-refractivity contribution is 0.0696. The molecule has 0 radical (unpaired) electrons. The average Bonchev–Trinajstić information content (AvgIpc) is 3.34. The second-order valence-corrected chi connectivity index (χ2v) is 10.1. The van der Waals surface area contributed by atoms with Gasteiger partial charge in [-0.25, -0.2) is 9.78 Å². The van der Waals surface area contributed by atoms with E-state index < -0.39 is 5.97 Å². The Kier molecular flexibility index (Phi) is 8.25. The van der Waals surface area contributed by atoms with Gasteiger partial charge in [-0.3, -0.25) is 4.72 Å². The molecule has 1 aromatic heterocycles. The van der Waals surface area contributed by atoms with Gasteiger partial charge in [0.15, 0.2) is 0 Å². The Morgan fingerprint density at radius 2 is 1.86 bits per heavy atom. The Morgan fingerprint density at radius 3 is 2.57 bits per heavy atom. The molecule has 1 aliphatic rings. The molecule has 1 heterocycles. The van der Waals surface area contributed by atoms with Crippen molar-refractivity contribution >= 4 is 23.9 Å². The van der Waals surface area contributed by atoms with E-state index in [2.05, 4.69) is 35.7 Å². The third-order valence-corrected chi connectivity index (χ3v) is 7.11. The lowest BCUT2D eigenvalue weighted by atomic mass is 9.99. The van der Waals surface area contributed by atoms with Crippen LogP contribution < -0.4 is 15.2 Å². The number of hydrogen-bond acceptors (Lipinski definition) is 7. The molecule has 4 N–H and O–H groups in total. The van der Waals surface area contributed by atoms with Crippen molar-refractivity contribution in [2.75, 3.05) is 11.3 Å². The minimum Gasteiger partial charge on any atom is -0.478 e. The molecule has 0 saturated heterocycles. The Bertz CT molecular complexity index is 1160. The molecular formula is C27H32N4O3S. The maximum atomic E-state index is 11.3. The van der Waals surface area contributed by atoms with E-state index in [1.54, 1.807) is 18.2 Å². The summed E-state index contributed by atoms with van der Waals surface area (Å²) in [6.45, 7) is 4.51. The normalized spacial score (nSPS) is 14.6. The number of hydrogen-bond donors (Lipinski definition) is 3. The fourth-order valence-electron chi connectivity index (χ4n) is 4.62. The summed E-state index contributed by atoms with van der Waals surface area (Å²) in [5.41, 5.74) is 10.6. The van der Waals surface area contributed by atoms with Crippen molar-refractivity contribution in [3.05, 3.63) is 65.2 Å². The standard InChI is InChI=1S/C27H32N4O3S/c1-17-7-5-8-18(2)25(17)23-15-24(34-16-21(28)13-19-9-3-4-10-19)30-27(29-23)31-35-22-12-6-11-20(14-22)26(32)33/h5-8,11-12,14-15,19,21H,3-4,9-10,13,16,28H2,1-2H3,(H,32,33)(H,29,30,31). The third kappa shape index (κ3) is 6.74. The number of carboxylic acid groups (broad SMARTS) is 1. The van der Waals surface area contributed by atoms with Crippen LogP contribution in [0.2, 0.25) is 0 Å². The average molecular weight is 493 g/mol. The van der Waals surface area contributed by atoms with Crippen LogP contribution in [0.15, 0.2) is 53.4 Å². The molecule has 184 valence electrons. The second kappa shape index (κ2) is 11.6. The minimum absolute atomic E-state index is 0.0405. The molecule has 8 heteroatoms. The van der Waals surface area contributed by atoms with Crippen LogP contribution in [-0.4, -0.2) is 33.7 Å². The summed E-state index contributed by atoms with van der Waals surface area (Å²) in [5, 5.41) is 9.26. The maximum absolute atomic E-state index is 11.3. The zero-order valence-electron chi connectivity index (χ0n) is 20.2. The number of aromatic carboxylic acids is 1.